The second kappa shape index (κ2) is 4.04. The van der Waals surface area contributed by atoms with Crippen LogP contribution in [0.4, 0.5) is 0 Å². The molecule has 84 valence electrons. The van der Waals surface area contributed by atoms with E-state index in [-0.39, 0.29) is 17.1 Å². The SMILES string of the molecule is CC(C(=O)c1c(Br)nnn1C)C(C)(C)C. The highest BCUT2D eigenvalue weighted by Gasteiger charge is 2.31. The van der Waals surface area contributed by atoms with E-state index in [1.54, 1.807) is 7.05 Å². The predicted molar refractivity (Wildman–Crippen MR) is 61.7 cm³/mol. The summed E-state index contributed by atoms with van der Waals surface area (Å²) in [6.45, 7) is 8.08. The summed E-state index contributed by atoms with van der Waals surface area (Å²) in [5.41, 5.74) is 0.485. The number of hydrogen-bond donors (Lipinski definition) is 0. The lowest BCUT2D eigenvalue weighted by molar-refractivity contribution is 0.0828. The molecule has 0 N–H and O–H groups in total. The minimum absolute atomic E-state index is 0.0548. The molecule has 0 aliphatic heterocycles. The lowest BCUT2D eigenvalue weighted by Crippen LogP contribution is -2.27. The second-order valence-electron chi connectivity index (χ2n) is 4.80. The average Bonchev–Trinajstić information content (AvgIpc) is 2.42. The monoisotopic (exact) mass is 273 g/mol. The molecule has 1 aromatic heterocycles. The van der Waals surface area contributed by atoms with Crippen molar-refractivity contribution in [2.45, 2.75) is 27.7 Å². The Morgan fingerprint density at radius 1 is 1.47 bits per heavy atom. The standard InChI is InChI=1S/C10H16BrN3O/c1-6(10(2,3)4)8(15)7-9(11)12-13-14(7)5/h6H,1-5H3. The number of aromatic nitrogens is 3. The number of aryl methyl sites for hydroxylation is 1. The van der Waals surface area contributed by atoms with Gasteiger partial charge in [0.2, 0.25) is 0 Å². The molecule has 0 aliphatic carbocycles. The highest BCUT2D eigenvalue weighted by Crippen LogP contribution is 2.29. The minimum atomic E-state index is -0.0639. The Kier molecular flexibility index (Phi) is 3.33. The Morgan fingerprint density at radius 3 is 2.33 bits per heavy atom. The summed E-state index contributed by atoms with van der Waals surface area (Å²) in [6, 6.07) is 0. The molecular weight excluding hydrogens is 258 g/mol. The van der Waals surface area contributed by atoms with Crippen LogP contribution in [0.25, 0.3) is 0 Å². The molecule has 0 saturated heterocycles. The van der Waals surface area contributed by atoms with E-state index in [2.05, 4.69) is 26.2 Å². The maximum absolute atomic E-state index is 12.2. The van der Waals surface area contributed by atoms with Gasteiger partial charge in [-0.25, -0.2) is 4.68 Å². The molecule has 0 saturated carbocycles. The fourth-order valence-corrected chi connectivity index (χ4v) is 1.71. The molecule has 5 heteroatoms. The van der Waals surface area contributed by atoms with Crippen molar-refractivity contribution >= 4 is 21.7 Å². The van der Waals surface area contributed by atoms with Crippen LogP contribution in [-0.4, -0.2) is 20.8 Å². The van der Waals surface area contributed by atoms with Gasteiger partial charge in [-0.1, -0.05) is 32.9 Å². The Labute approximate surface area is 98.2 Å². The number of carbonyl (C=O) groups is 1. The molecule has 0 aliphatic rings. The molecule has 0 amide bonds. The van der Waals surface area contributed by atoms with Crippen LogP contribution in [0.2, 0.25) is 0 Å². The summed E-state index contributed by atoms with van der Waals surface area (Å²) in [6.07, 6.45) is 0. The fourth-order valence-electron chi connectivity index (χ4n) is 1.19. The zero-order chi connectivity index (χ0) is 11.8. The number of carbonyl (C=O) groups excluding carboxylic acids is 1. The van der Waals surface area contributed by atoms with Gasteiger partial charge in [0.25, 0.3) is 0 Å². The molecule has 1 heterocycles. The first kappa shape index (κ1) is 12.4. The smallest absolute Gasteiger partial charge is 0.187 e. The molecule has 1 atom stereocenters. The Balaban J connectivity index is 3.06. The van der Waals surface area contributed by atoms with E-state index in [0.29, 0.717) is 10.3 Å². The number of nitrogens with zero attached hydrogens (tertiary/aromatic N) is 3. The lowest BCUT2D eigenvalue weighted by Gasteiger charge is -2.25. The molecule has 0 fully saturated rings. The van der Waals surface area contributed by atoms with Gasteiger partial charge >= 0.3 is 0 Å². The van der Waals surface area contributed by atoms with Crippen molar-refractivity contribution in [3.05, 3.63) is 10.3 Å². The first-order valence-corrected chi connectivity index (χ1v) is 5.64. The number of Topliss-reactive ketones (excluding diaryl/α,β-unsaturated/α-hetero) is 1. The van der Waals surface area contributed by atoms with Gasteiger partial charge in [-0.2, -0.15) is 0 Å². The van der Waals surface area contributed by atoms with E-state index in [0.717, 1.165) is 0 Å². The number of hydrogen-bond acceptors (Lipinski definition) is 3. The molecule has 1 aromatic rings. The van der Waals surface area contributed by atoms with Crippen molar-refractivity contribution in [2.24, 2.45) is 18.4 Å². The van der Waals surface area contributed by atoms with Gasteiger partial charge in [-0.3, -0.25) is 4.79 Å². The van der Waals surface area contributed by atoms with Crippen molar-refractivity contribution < 1.29 is 4.79 Å². The minimum Gasteiger partial charge on any atom is -0.292 e. The van der Waals surface area contributed by atoms with Gasteiger partial charge in [-0.05, 0) is 21.3 Å². The van der Waals surface area contributed by atoms with Gasteiger partial charge in [0, 0.05) is 13.0 Å². The summed E-state index contributed by atoms with van der Waals surface area (Å²) in [5.74, 6) is 0.00729. The summed E-state index contributed by atoms with van der Waals surface area (Å²) < 4.78 is 2.03. The quantitative estimate of drug-likeness (QED) is 0.778. The normalized spacial score (nSPS) is 14.0. The molecule has 1 unspecified atom stereocenters. The van der Waals surface area contributed by atoms with E-state index >= 15 is 0 Å². The van der Waals surface area contributed by atoms with Gasteiger partial charge in [0.05, 0.1) is 0 Å². The average molecular weight is 274 g/mol. The van der Waals surface area contributed by atoms with Crippen LogP contribution < -0.4 is 0 Å². The summed E-state index contributed by atoms with van der Waals surface area (Å²) in [5, 5.41) is 7.61. The Hall–Kier alpha value is -0.710. The fraction of sp³-hybridized carbons (Fsp3) is 0.700. The first-order chi connectivity index (χ1) is 6.75. The molecule has 15 heavy (non-hydrogen) atoms. The van der Waals surface area contributed by atoms with Crippen molar-refractivity contribution in [1.29, 1.82) is 0 Å². The molecule has 1 rings (SSSR count). The van der Waals surface area contributed by atoms with Crippen LogP contribution in [0.3, 0.4) is 0 Å². The van der Waals surface area contributed by atoms with E-state index in [9.17, 15) is 4.79 Å². The van der Waals surface area contributed by atoms with Gasteiger partial charge in [0.15, 0.2) is 10.4 Å². The highest BCUT2D eigenvalue weighted by molar-refractivity contribution is 9.10. The second-order valence-corrected chi connectivity index (χ2v) is 5.56. The number of rotatable bonds is 2. The van der Waals surface area contributed by atoms with Crippen LogP contribution in [0.1, 0.15) is 38.2 Å². The van der Waals surface area contributed by atoms with Gasteiger partial charge < -0.3 is 0 Å². The number of halogens is 1. The Bertz CT molecular complexity index is 359. The zero-order valence-electron chi connectivity index (χ0n) is 9.71. The molecule has 0 aromatic carbocycles. The summed E-state index contributed by atoms with van der Waals surface area (Å²) >= 11 is 3.24. The van der Waals surface area contributed by atoms with Gasteiger partial charge in [0.1, 0.15) is 5.69 Å². The molecule has 0 bridgehead atoms. The molecule has 0 spiro atoms. The molecule has 4 nitrogen and oxygen atoms in total. The summed E-state index contributed by atoms with van der Waals surface area (Å²) in [7, 11) is 1.72. The third kappa shape index (κ3) is 2.45. The van der Waals surface area contributed by atoms with Crippen LogP contribution in [0.15, 0.2) is 4.60 Å². The highest BCUT2D eigenvalue weighted by atomic mass is 79.9. The van der Waals surface area contributed by atoms with Crippen LogP contribution in [0.5, 0.6) is 0 Å². The number of ketones is 1. The van der Waals surface area contributed by atoms with Crippen molar-refractivity contribution in [2.75, 3.05) is 0 Å². The zero-order valence-corrected chi connectivity index (χ0v) is 11.3. The van der Waals surface area contributed by atoms with E-state index < -0.39 is 0 Å². The first-order valence-electron chi connectivity index (χ1n) is 4.84. The maximum Gasteiger partial charge on any atom is 0.187 e. The molecule has 0 radical (unpaired) electrons. The van der Waals surface area contributed by atoms with E-state index in [4.69, 9.17) is 0 Å². The third-order valence-corrected chi connectivity index (χ3v) is 3.25. The largest absolute Gasteiger partial charge is 0.292 e. The van der Waals surface area contributed by atoms with Gasteiger partial charge in [-0.15, -0.1) is 5.10 Å². The van der Waals surface area contributed by atoms with Crippen LogP contribution >= 0.6 is 15.9 Å². The van der Waals surface area contributed by atoms with Crippen LogP contribution in [-0.2, 0) is 7.05 Å². The van der Waals surface area contributed by atoms with Crippen molar-refractivity contribution in [3.63, 3.8) is 0 Å². The topological polar surface area (TPSA) is 47.8 Å². The van der Waals surface area contributed by atoms with Crippen molar-refractivity contribution in [3.8, 4) is 0 Å². The molecular formula is C10H16BrN3O. The third-order valence-electron chi connectivity index (χ3n) is 2.71. The van der Waals surface area contributed by atoms with Crippen LogP contribution in [0, 0.1) is 11.3 Å². The predicted octanol–water partition coefficient (Wildman–Crippen LogP) is 2.44. The van der Waals surface area contributed by atoms with Crippen molar-refractivity contribution in [1.82, 2.24) is 15.0 Å². The van der Waals surface area contributed by atoms with E-state index in [1.165, 1.54) is 4.68 Å². The summed E-state index contributed by atoms with van der Waals surface area (Å²) in [4.78, 5) is 12.2. The lowest BCUT2D eigenvalue weighted by atomic mass is 9.79. The Morgan fingerprint density at radius 2 is 2.00 bits per heavy atom. The van der Waals surface area contributed by atoms with E-state index in [1.807, 2.05) is 27.7 Å². The maximum atomic E-state index is 12.2.